The van der Waals surface area contributed by atoms with E-state index in [1.807, 2.05) is 0 Å². The second-order valence-corrected chi connectivity index (χ2v) is 6.36. The smallest absolute Gasteiger partial charge is 0.224 e. The molecule has 0 bridgehead atoms. The van der Waals surface area contributed by atoms with Gasteiger partial charge in [-0.3, -0.25) is 9.69 Å². The first kappa shape index (κ1) is 16.5. The van der Waals surface area contributed by atoms with Crippen molar-refractivity contribution in [2.75, 3.05) is 32.7 Å². The van der Waals surface area contributed by atoms with Crippen LogP contribution in [0.25, 0.3) is 0 Å². The van der Waals surface area contributed by atoms with Gasteiger partial charge in [-0.25, -0.2) is 0 Å². The summed E-state index contributed by atoms with van der Waals surface area (Å²) >= 11 is 1.72. The van der Waals surface area contributed by atoms with Gasteiger partial charge in [-0.05, 0) is 54.9 Å². The minimum absolute atomic E-state index is 0.138. The van der Waals surface area contributed by atoms with Crippen LogP contribution in [0, 0.1) is 5.92 Å². The van der Waals surface area contributed by atoms with Crippen LogP contribution in [0.5, 0.6) is 0 Å². The molecule has 118 valence electrons. The average Bonchev–Trinajstić information content (AvgIpc) is 3.06. The first-order valence-corrected chi connectivity index (χ1v) is 8.95. The molecule has 1 aromatic rings. The second kappa shape index (κ2) is 8.51. The molecule has 1 aromatic heterocycles. The Morgan fingerprint density at radius 3 is 2.90 bits per heavy atom. The maximum atomic E-state index is 12.3. The molecule has 1 amide bonds. The Balaban J connectivity index is 1.93. The molecule has 0 radical (unpaired) electrons. The van der Waals surface area contributed by atoms with E-state index in [9.17, 15) is 4.79 Å². The van der Waals surface area contributed by atoms with Crippen molar-refractivity contribution in [3.8, 4) is 0 Å². The van der Waals surface area contributed by atoms with Gasteiger partial charge in [0.1, 0.15) is 0 Å². The van der Waals surface area contributed by atoms with Crippen molar-refractivity contribution in [3.05, 3.63) is 22.4 Å². The highest BCUT2D eigenvalue weighted by Crippen LogP contribution is 2.22. The number of rotatable bonds is 7. The van der Waals surface area contributed by atoms with E-state index in [0.717, 1.165) is 39.0 Å². The quantitative estimate of drug-likeness (QED) is 0.812. The number of carbonyl (C=O) groups excluding carboxylic acids is 1. The van der Waals surface area contributed by atoms with Gasteiger partial charge in [-0.15, -0.1) is 0 Å². The number of nitrogens with zero attached hydrogens (tertiary/aromatic N) is 1. The lowest BCUT2D eigenvalue weighted by atomic mass is 9.98. The molecule has 1 aliphatic heterocycles. The lowest BCUT2D eigenvalue weighted by Gasteiger charge is -2.30. The zero-order valence-corrected chi connectivity index (χ0v) is 13.9. The number of carbonyl (C=O) groups is 1. The summed E-state index contributed by atoms with van der Waals surface area (Å²) in [5.74, 6) is 0.341. The van der Waals surface area contributed by atoms with Gasteiger partial charge in [-0.2, -0.15) is 11.3 Å². The first-order valence-electron chi connectivity index (χ1n) is 8.00. The van der Waals surface area contributed by atoms with E-state index < -0.39 is 0 Å². The summed E-state index contributed by atoms with van der Waals surface area (Å²) in [6, 6.07) is 2.45. The number of hydrogen-bond donors (Lipinski definition) is 2. The molecule has 2 atom stereocenters. The van der Waals surface area contributed by atoms with Crippen LogP contribution in [0.1, 0.15) is 38.3 Å². The molecule has 0 aliphatic carbocycles. The Labute approximate surface area is 131 Å². The van der Waals surface area contributed by atoms with Gasteiger partial charge >= 0.3 is 0 Å². The number of amides is 1. The van der Waals surface area contributed by atoms with E-state index in [1.165, 1.54) is 5.56 Å². The van der Waals surface area contributed by atoms with Crippen molar-refractivity contribution in [2.45, 2.75) is 32.7 Å². The maximum absolute atomic E-state index is 12.3. The van der Waals surface area contributed by atoms with Crippen LogP contribution < -0.4 is 10.6 Å². The third kappa shape index (κ3) is 4.53. The fourth-order valence-electron chi connectivity index (χ4n) is 3.00. The van der Waals surface area contributed by atoms with E-state index in [1.54, 1.807) is 11.3 Å². The molecule has 2 unspecified atom stereocenters. The van der Waals surface area contributed by atoms with Crippen molar-refractivity contribution in [3.63, 3.8) is 0 Å². The molecule has 21 heavy (non-hydrogen) atoms. The van der Waals surface area contributed by atoms with Crippen LogP contribution in [0.15, 0.2) is 16.8 Å². The summed E-state index contributed by atoms with van der Waals surface area (Å²) in [6.07, 6.45) is 2.11. The second-order valence-electron chi connectivity index (χ2n) is 5.58. The van der Waals surface area contributed by atoms with Gasteiger partial charge in [0.15, 0.2) is 0 Å². The summed E-state index contributed by atoms with van der Waals surface area (Å²) in [7, 11) is 0. The van der Waals surface area contributed by atoms with Crippen molar-refractivity contribution in [1.29, 1.82) is 0 Å². The summed E-state index contributed by atoms with van der Waals surface area (Å²) < 4.78 is 0. The molecule has 0 aromatic carbocycles. The monoisotopic (exact) mass is 309 g/mol. The highest BCUT2D eigenvalue weighted by Gasteiger charge is 2.23. The number of nitrogens with one attached hydrogen (secondary N) is 2. The van der Waals surface area contributed by atoms with Crippen LogP contribution >= 0.6 is 11.3 Å². The summed E-state index contributed by atoms with van der Waals surface area (Å²) in [6.45, 7) is 8.91. The fourth-order valence-corrected chi connectivity index (χ4v) is 3.71. The Bertz CT molecular complexity index is 411. The fraction of sp³-hybridized carbons (Fsp3) is 0.688. The zero-order valence-electron chi connectivity index (χ0n) is 13.1. The van der Waals surface area contributed by atoms with E-state index in [-0.39, 0.29) is 17.9 Å². The molecule has 2 heterocycles. The summed E-state index contributed by atoms with van der Waals surface area (Å²) in [4.78, 5) is 14.7. The third-order valence-corrected chi connectivity index (χ3v) is 5.02. The molecular weight excluding hydrogens is 282 g/mol. The lowest BCUT2D eigenvalue weighted by molar-refractivity contribution is -0.125. The van der Waals surface area contributed by atoms with Gasteiger partial charge in [0, 0.05) is 13.1 Å². The SMILES string of the molecule is CCN(CC)C(CNC(=O)C1CCCNC1)c1ccsc1. The van der Waals surface area contributed by atoms with Crippen molar-refractivity contribution < 1.29 is 4.79 Å². The van der Waals surface area contributed by atoms with Crippen molar-refractivity contribution in [2.24, 2.45) is 5.92 Å². The highest BCUT2D eigenvalue weighted by atomic mass is 32.1. The van der Waals surface area contributed by atoms with Crippen LogP contribution in [0.4, 0.5) is 0 Å². The number of hydrogen-bond acceptors (Lipinski definition) is 4. The van der Waals surface area contributed by atoms with E-state index in [4.69, 9.17) is 0 Å². The van der Waals surface area contributed by atoms with Crippen molar-refractivity contribution in [1.82, 2.24) is 15.5 Å². The topological polar surface area (TPSA) is 44.4 Å². The van der Waals surface area contributed by atoms with Crippen LogP contribution in [0.3, 0.4) is 0 Å². The van der Waals surface area contributed by atoms with E-state index >= 15 is 0 Å². The number of thiophene rings is 1. The van der Waals surface area contributed by atoms with Gasteiger partial charge < -0.3 is 10.6 Å². The van der Waals surface area contributed by atoms with E-state index in [2.05, 4.69) is 46.2 Å². The molecule has 4 nitrogen and oxygen atoms in total. The molecule has 2 rings (SSSR count). The summed E-state index contributed by atoms with van der Waals surface area (Å²) in [5, 5.41) is 10.8. The van der Waals surface area contributed by atoms with Gasteiger partial charge in [-0.1, -0.05) is 13.8 Å². The molecular formula is C16H27N3OS. The zero-order chi connectivity index (χ0) is 15.1. The standard InChI is InChI=1S/C16H27N3OS/c1-3-19(4-2)15(14-7-9-21-12-14)11-18-16(20)13-6-5-8-17-10-13/h7,9,12-13,15,17H,3-6,8,10-11H2,1-2H3,(H,18,20). The van der Waals surface area contributed by atoms with Gasteiger partial charge in [0.05, 0.1) is 12.0 Å². The number of likely N-dealkylation sites (N-methyl/N-ethyl adjacent to an activating group) is 1. The first-order chi connectivity index (χ1) is 10.3. The minimum Gasteiger partial charge on any atom is -0.354 e. The predicted molar refractivity (Wildman–Crippen MR) is 88.6 cm³/mol. The van der Waals surface area contributed by atoms with E-state index in [0.29, 0.717) is 6.54 Å². The lowest BCUT2D eigenvalue weighted by Crippen LogP contribution is -2.44. The average molecular weight is 309 g/mol. The van der Waals surface area contributed by atoms with Crippen molar-refractivity contribution >= 4 is 17.2 Å². The number of piperidine rings is 1. The molecule has 0 spiro atoms. The molecule has 2 N–H and O–H groups in total. The van der Waals surface area contributed by atoms with Crippen LogP contribution in [-0.4, -0.2) is 43.5 Å². The molecule has 1 saturated heterocycles. The van der Waals surface area contributed by atoms with Crippen LogP contribution in [-0.2, 0) is 4.79 Å². The van der Waals surface area contributed by atoms with Crippen LogP contribution in [0.2, 0.25) is 0 Å². The Morgan fingerprint density at radius 1 is 1.52 bits per heavy atom. The minimum atomic E-state index is 0.138. The third-order valence-electron chi connectivity index (χ3n) is 4.32. The molecule has 5 heteroatoms. The largest absolute Gasteiger partial charge is 0.354 e. The van der Waals surface area contributed by atoms with Gasteiger partial charge in [0.2, 0.25) is 5.91 Å². The predicted octanol–water partition coefficient (Wildman–Crippen LogP) is 2.25. The van der Waals surface area contributed by atoms with Gasteiger partial charge in [0.25, 0.3) is 0 Å². The molecule has 1 fully saturated rings. The molecule has 1 aliphatic rings. The Hall–Kier alpha value is -0.910. The highest BCUT2D eigenvalue weighted by molar-refractivity contribution is 7.07. The summed E-state index contributed by atoms with van der Waals surface area (Å²) in [5.41, 5.74) is 1.31. The Morgan fingerprint density at radius 2 is 2.33 bits per heavy atom. The normalized spacial score (nSPS) is 20.4. The maximum Gasteiger partial charge on any atom is 0.224 e. The molecule has 0 saturated carbocycles. The Kier molecular flexibility index (Phi) is 6.67.